The molecule has 0 saturated heterocycles. The Morgan fingerprint density at radius 2 is 0.795 bits per heavy atom. The van der Waals surface area contributed by atoms with Gasteiger partial charge in [0.05, 0.1) is 18.2 Å². The minimum absolute atomic E-state index is 0.623. The Hall–Kier alpha value is -6.36. The number of anilines is 6. The molecule has 0 aliphatic heterocycles. The van der Waals surface area contributed by atoms with Gasteiger partial charge in [-0.05, 0) is 96.1 Å². The van der Waals surface area contributed by atoms with Crippen molar-refractivity contribution < 1.29 is 0 Å². The number of nitrogens with zero attached hydrogens (tertiary/aromatic N) is 4. The van der Waals surface area contributed by atoms with Crippen LogP contribution >= 0.6 is 0 Å². The fourth-order valence-electron chi connectivity index (χ4n) is 5.07. The quantitative estimate of drug-likeness (QED) is 0.136. The van der Waals surface area contributed by atoms with E-state index in [1.54, 1.807) is 0 Å². The van der Waals surface area contributed by atoms with Crippen molar-refractivity contribution in [1.29, 1.82) is 5.26 Å². The molecule has 0 aliphatic carbocycles. The summed E-state index contributed by atoms with van der Waals surface area (Å²) in [7, 11) is 0. The number of rotatable bonds is 8. The smallest absolute Gasteiger partial charge is 0.187 e. The second-order valence-electron chi connectivity index (χ2n) is 10.1. The summed E-state index contributed by atoms with van der Waals surface area (Å²) >= 11 is 0. The van der Waals surface area contributed by atoms with Crippen molar-refractivity contribution in [2.45, 2.75) is 0 Å². The third kappa shape index (κ3) is 6.26. The highest BCUT2D eigenvalue weighted by molar-refractivity contribution is 5.80. The average Bonchev–Trinajstić information content (AvgIpc) is 3.10. The van der Waals surface area contributed by atoms with Gasteiger partial charge in [-0.1, -0.05) is 84.9 Å². The van der Waals surface area contributed by atoms with Crippen LogP contribution in [0, 0.1) is 17.9 Å². The Balaban J connectivity index is 1.23. The lowest BCUT2D eigenvalue weighted by atomic mass is 10.1. The van der Waals surface area contributed by atoms with Gasteiger partial charge in [-0.2, -0.15) is 5.26 Å². The van der Waals surface area contributed by atoms with Crippen LogP contribution in [-0.2, 0) is 0 Å². The third-order valence-electron chi connectivity index (χ3n) is 7.29. The predicted octanol–water partition coefficient (Wildman–Crippen LogP) is 11.2. The van der Waals surface area contributed by atoms with Crippen LogP contribution in [0.4, 0.5) is 39.8 Å². The monoisotopic (exact) mass is 564 g/mol. The predicted molar refractivity (Wildman–Crippen MR) is 182 cm³/mol. The molecule has 0 saturated carbocycles. The molecule has 4 nitrogen and oxygen atoms in total. The van der Waals surface area contributed by atoms with E-state index in [1.807, 2.05) is 84.9 Å². The van der Waals surface area contributed by atoms with Crippen molar-refractivity contribution in [3.63, 3.8) is 0 Å². The van der Waals surface area contributed by atoms with E-state index in [0.29, 0.717) is 11.3 Å². The molecule has 208 valence electrons. The first-order valence-corrected chi connectivity index (χ1v) is 14.3. The Kier molecular flexibility index (Phi) is 8.26. The third-order valence-corrected chi connectivity index (χ3v) is 7.29. The lowest BCUT2D eigenvalue weighted by Crippen LogP contribution is -2.09. The second kappa shape index (κ2) is 13.1. The molecule has 0 radical (unpaired) electrons. The topological polar surface area (TPSA) is 34.6 Å². The van der Waals surface area contributed by atoms with Gasteiger partial charge in [-0.3, -0.25) is 0 Å². The Bertz CT molecular complexity index is 1780. The Labute approximate surface area is 258 Å². The number of benzene rings is 6. The van der Waals surface area contributed by atoms with Gasteiger partial charge in [0.1, 0.15) is 0 Å². The maximum absolute atomic E-state index is 9.23. The molecule has 0 N–H and O–H groups in total. The van der Waals surface area contributed by atoms with Crippen molar-refractivity contribution in [3.8, 4) is 6.07 Å². The van der Waals surface area contributed by atoms with Gasteiger partial charge in [-0.15, -0.1) is 0 Å². The molecule has 0 spiro atoms. The van der Waals surface area contributed by atoms with Crippen molar-refractivity contribution in [1.82, 2.24) is 0 Å². The molecule has 6 aromatic rings. The summed E-state index contributed by atoms with van der Waals surface area (Å²) in [5.41, 5.74) is 9.61. The standard InChI is InChI=1S/C40H28N4/c1-42-34-20-28-40(29-21-34)44(36-10-6-3-7-11-36)38-24-16-32(17-25-38)13-12-31-14-22-37(23-15-31)43(35-8-4-2-5-9-35)39-26-18-33(30-41)19-27-39/h2-29H/b13-12+. The van der Waals surface area contributed by atoms with E-state index >= 15 is 0 Å². The largest absolute Gasteiger partial charge is 0.311 e. The van der Waals surface area contributed by atoms with Crippen LogP contribution in [0.1, 0.15) is 16.7 Å². The van der Waals surface area contributed by atoms with E-state index in [-0.39, 0.29) is 0 Å². The van der Waals surface area contributed by atoms with Crippen LogP contribution in [-0.4, -0.2) is 0 Å². The highest BCUT2D eigenvalue weighted by Gasteiger charge is 2.13. The summed E-state index contributed by atoms with van der Waals surface area (Å²) < 4.78 is 0. The SMILES string of the molecule is [C-]#[N+]c1ccc(N(c2ccccc2)c2ccc(/C=C/c3ccc(N(c4ccccc4)c4ccc(C#N)cc4)cc3)cc2)cc1. The maximum Gasteiger partial charge on any atom is 0.187 e. The first-order chi connectivity index (χ1) is 21.7. The van der Waals surface area contributed by atoms with Gasteiger partial charge in [0, 0.05) is 34.1 Å². The van der Waals surface area contributed by atoms with Crippen LogP contribution in [0.2, 0.25) is 0 Å². The fourth-order valence-corrected chi connectivity index (χ4v) is 5.07. The molecule has 44 heavy (non-hydrogen) atoms. The molecular formula is C40H28N4. The zero-order valence-electron chi connectivity index (χ0n) is 24.0. The molecule has 0 fully saturated rings. The maximum atomic E-state index is 9.23. The van der Waals surface area contributed by atoms with Crippen LogP contribution in [0.25, 0.3) is 17.0 Å². The summed E-state index contributed by atoms with van der Waals surface area (Å²) in [4.78, 5) is 7.90. The van der Waals surface area contributed by atoms with Gasteiger partial charge in [0.15, 0.2) is 5.69 Å². The van der Waals surface area contributed by atoms with E-state index in [4.69, 9.17) is 6.57 Å². The van der Waals surface area contributed by atoms with Gasteiger partial charge in [-0.25, -0.2) is 4.85 Å². The minimum atomic E-state index is 0.623. The highest BCUT2D eigenvalue weighted by Crippen LogP contribution is 2.36. The number of para-hydroxylation sites is 2. The van der Waals surface area contributed by atoms with Gasteiger partial charge >= 0.3 is 0 Å². The summed E-state index contributed by atoms with van der Waals surface area (Å²) in [6.45, 7) is 7.28. The van der Waals surface area contributed by atoms with E-state index < -0.39 is 0 Å². The van der Waals surface area contributed by atoms with E-state index in [9.17, 15) is 5.26 Å². The Morgan fingerprint density at radius 1 is 0.455 bits per heavy atom. The molecule has 0 unspecified atom stereocenters. The molecular weight excluding hydrogens is 536 g/mol. The lowest BCUT2D eigenvalue weighted by Gasteiger charge is -2.25. The normalized spacial score (nSPS) is 10.6. The fraction of sp³-hybridized carbons (Fsp3) is 0. The van der Waals surface area contributed by atoms with Gasteiger partial charge in [0.25, 0.3) is 0 Å². The van der Waals surface area contributed by atoms with Crippen LogP contribution < -0.4 is 9.80 Å². The van der Waals surface area contributed by atoms with E-state index in [1.165, 1.54) is 0 Å². The van der Waals surface area contributed by atoms with Gasteiger partial charge in [0.2, 0.25) is 0 Å². The highest BCUT2D eigenvalue weighted by atomic mass is 15.1. The van der Waals surface area contributed by atoms with E-state index in [2.05, 4.69) is 106 Å². The molecule has 0 heterocycles. The van der Waals surface area contributed by atoms with Crippen molar-refractivity contribution in [3.05, 3.63) is 186 Å². The molecule has 0 atom stereocenters. The van der Waals surface area contributed by atoms with Crippen LogP contribution in [0.15, 0.2) is 158 Å². The van der Waals surface area contributed by atoms with E-state index in [0.717, 1.165) is 45.3 Å². The summed E-state index contributed by atoms with van der Waals surface area (Å²) in [5.74, 6) is 0. The molecule has 0 aliphatic rings. The molecule has 4 heteroatoms. The first kappa shape index (κ1) is 27.8. The summed E-state index contributed by atoms with van der Waals surface area (Å²) in [5, 5.41) is 9.23. The van der Waals surface area contributed by atoms with Crippen molar-refractivity contribution in [2.75, 3.05) is 9.80 Å². The number of nitriles is 1. The first-order valence-electron chi connectivity index (χ1n) is 14.3. The van der Waals surface area contributed by atoms with Crippen LogP contribution in [0.5, 0.6) is 0 Å². The minimum Gasteiger partial charge on any atom is -0.311 e. The zero-order chi connectivity index (χ0) is 30.1. The molecule has 0 aromatic heterocycles. The lowest BCUT2D eigenvalue weighted by molar-refractivity contribution is 1.28. The zero-order valence-corrected chi connectivity index (χ0v) is 24.0. The molecule has 6 aromatic carbocycles. The molecule has 6 rings (SSSR count). The van der Waals surface area contributed by atoms with Crippen LogP contribution in [0.3, 0.4) is 0 Å². The molecule has 0 amide bonds. The Morgan fingerprint density at radius 3 is 1.16 bits per heavy atom. The molecule has 0 bridgehead atoms. The van der Waals surface area contributed by atoms with Gasteiger partial charge < -0.3 is 9.80 Å². The average molecular weight is 565 g/mol. The van der Waals surface area contributed by atoms with Crippen molar-refractivity contribution in [2.24, 2.45) is 0 Å². The number of hydrogen-bond donors (Lipinski definition) is 0. The summed E-state index contributed by atoms with van der Waals surface area (Å²) in [6.07, 6.45) is 4.23. The second-order valence-corrected chi connectivity index (χ2v) is 10.1. The van der Waals surface area contributed by atoms with Crippen molar-refractivity contribution >= 4 is 52.0 Å². The summed E-state index contributed by atoms with van der Waals surface area (Å²) in [6, 6.07) is 54.9. The number of hydrogen-bond acceptors (Lipinski definition) is 3.